The quantitative estimate of drug-likeness (QED) is 0.347. The monoisotopic (exact) mass is 402 g/mol. The first-order chi connectivity index (χ1) is 13.3. The highest BCUT2D eigenvalue weighted by Gasteiger charge is 2.59. The highest BCUT2D eigenvalue weighted by Crippen LogP contribution is 2.67. The van der Waals surface area contributed by atoms with E-state index in [0.29, 0.717) is 16.1 Å². The Bertz CT molecular complexity index is 591. The van der Waals surface area contributed by atoms with Crippen LogP contribution in [0.2, 0.25) is 0 Å². The summed E-state index contributed by atoms with van der Waals surface area (Å²) in [6.07, 6.45) is 18.5. The van der Waals surface area contributed by atoms with E-state index in [1.54, 1.807) is 5.57 Å². The van der Waals surface area contributed by atoms with Gasteiger partial charge in [-0.15, -0.1) is 0 Å². The van der Waals surface area contributed by atoms with Crippen LogP contribution in [0.5, 0.6) is 0 Å². The lowest BCUT2D eigenvalue weighted by molar-refractivity contribution is -0.0590. The summed E-state index contributed by atoms with van der Waals surface area (Å²) in [6.45, 7) is 12.7. The molecule has 0 aromatic carbocycles. The van der Waals surface area contributed by atoms with Crippen LogP contribution in [0.25, 0.3) is 0 Å². The molecule has 0 nitrogen and oxygen atoms in total. The fourth-order valence-electron chi connectivity index (χ4n) is 8.73. The van der Waals surface area contributed by atoms with Crippen LogP contribution < -0.4 is 0 Å². The van der Waals surface area contributed by atoms with Gasteiger partial charge in [-0.05, 0) is 97.7 Å². The van der Waals surface area contributed by atoms with Gasteiger partial charge in [0.2, 0.25) is 0 Å². The van der Waals surface area contributed by atoms with Crippen LogP contribution in [0, 0.1) is 46.3 Å². The largest absolute Gasteiger partial charge is 0.172 e. The van der Waals surface area contributed by atoms with E-state index >= 15 is 0 Å². The third-order valence-corrected chi connectivity index (χ3v) is 10.7. The van der Waals surface area contributed by atoms with Crippen molar-refractivity contribution in [3.8, 4) is 0 Å². The Kier molecular flexibility index (Phi) is 6.07. The van der Waals surface area contributed by atoms with Gasteiger partial charge in [-0.2, -0.15) is 12.6 Å². The number of hydrogen-bond donors (Lipinski definition) is 1. The summed E-state index contributed by atoms with van der Waals surface area (Å²) in [5, 5.41) is 0.524. The molecular formula is C27H46S. The van der Waals surface area contributed by atoms with E-state index in [2.05, 4.69) is 40.7 Å². The Labute approximate surface area is 181 Å². The molecule has 0 aromatic rings. The van der Waals surface area contributed by atoms with E-state index < -0.39 is 0 Å². The molecule has 0 N–H and O–H groups in total. The molecule has 0 saturated heterocycles. The molecule has 4 aliphatic carbocycles. The van der Waals surface area contributed by atoms with Crippen molar-refractivity contribution in [2.75, 3.05) is 0 Å². The van der Waals surface area contributed by atoms with E-state index in [1.165, 1.54) is 70.6 Å². The average molecular weight is 403 g/mol. The molecule has 0 spiro atoms. The molecule has 3 saturated carbocycles. The minimum absolute atomic E-state index is 0.504. The molecule has 0 heterocycles. The summed E-state index contributed by atoms with van der Waals surface area (Å²) in [7, 11) is 0. The van der Waals surface area contributed by atoms with Gasteiger partial charge in [-0.3, -0.25) is 0 Å². The van der Waals surface area contributed by atoms with Crippen molar-refractivity contribution in [2.24, 2.45) is 46.3 Å². The maximum absolute atomic E-state index is 4.81. The van der Waals surface area contributed by atoms with Crippen LogP contribution >= 0.6 is 12.6 Å². The number of rotatable bonds is 5. The Morgan fingerprint density at radius 2 is 1.75 bits per heavy atom. The molecule has 0 bridgehead atoms. The predicted octanol–water partition coefficient (Wildman–Crippen LogP) is 8.33. The van der Waals surface area contributed by atoms with Crippen molar-refractivity contribution in [3.63, 3.8) is 0 Å². The highest BCUT2D eigenvalue weighted by atomic mass is 32.1. The smallest absolute Gasteiger partial charge is 0.0199 e. The van der Waals surface area contributed by atoms with Gasteiger partial charge in [0, 0.05) is 5.25 Å². The fourth-order valence-corrected chi connectivity index (χ4v) is 9.04. The maximum atomic E-state index is 4.81. The SMILES string of the molecule is CC(C)CCC[C@H](C)[C@@H]1CC[C@@H]2[C@H]3CCC4=C[C@@H](S)CC[C@]4(C)[C@@H]3CC[C@]21C. The molecule has 0 aliphatic heterocycles. The zero-order valence-electron chi connectivity index (χ0n) is 19.3. The van der Waals surface area contributed by atoms with Gasteiger partial charge in [0.05, 0.1) is 0 Å². The van der Waals surface area contributed by atoms with Gasteiger partial charge in [0.15, 0.2) is 0 Å². The Balaban J connectivity index is 1.48. The Morgan fingerprint density at radius 3 is 2.50 bits per heavy atom. The molecule has 28 heavy (non-hydrogen) atoms. The minimum atomic E-state index is 0.504. The molecule has 3 fully saturated rings. The average Bonchev–Trinajstić information content (AvgIpc) is 2.99. The molecule has 8 atom stereocenters. The van der Waals surface area contributed by atoms with Crippen LogP contribution in [0.4, 0.5) is 0 Å². The molecule has 0 aromatic heterocycles. The van der Waals surface area contributed by atoms with E-state index in [9.17, 15) is 0 Å². The molecule has 160 valence electrons. The lowest BCUT2D eigenvalue weighted by atomic mass is 9.46. The molecular weight excluding hydrogens is 356 g/mol. The second kappa shape index (κ2) is 7.97. The van der Waals surface area contributed by atoms with Crippen LogP contribution in [0.15, 0.2) is 11.6 Å². The summed E-state index contributed by atoms with van der Waals surface area (Å²) < 4.78 is 0. The second-order valence-corrected chi connectivity index (χ2v) is 12.8. The second-order valence-electron chi connectivity index (χ2n) is 12.2. The maximum Gasteiger partial charge on any atom is 0.0199 e. The summed E-state index contributed by atoms with van der Waals surface area (Å²) in [6, 6.07) is 0. The zero-order valence-corrected chi connectivity index (χ0v) is 20.2. The van der Waals surface area contributed by atoms with Gasteiger partial charge in [0.1, 0.15) is 0 Å². The number of allylic oxidation sites excluding steroid dienone is 1. The summed E-state index contributed by atoms with van der Waals surface area (Å²) in [4.78, 5) is 0. The minimum Gasteiger partial charge on any atom is -0.172 e. The Morgan fingerprint density at radius 1 is 0.964 bits per heavy atom. The van der Waals surface area contributed by atoms with Crippen LogP contribution in [-0.2, 0) is 0 Å². The van der Waals surface area contributed by atoms with Crippen molar-refractivity contribution in [3.05, 3.63) is 11.6 Å². The zero-order chi connectivity index (χ0) is 20.1. The van der Waals surface area contributed by atoms with Crippen molar-refractivity contribution < 1.29 is 0 Å². The van der Waals surface area contributed by atoms with Gasteiger partial charge in [-0.1, -0.05) is 65.5 Å². The van der Waals surface area contributed by atoms with Crippen LogP contribution in [-0.4, -0.2) is 5.25 Å². The van der Waals surface area contributed by atoms with Gasteiger partial charge in [0.25, 0.3) is 0 Å². The predicted molar refractivity (Wildman–Crippen MR) is 126 cm³/mol. The van der Waals surface area contributed by atoms with Crippen molar-refractivity contribution >= 4 is 12.6 Å². The summed E-state index contributed by atoms with van der Waals surface area (Å²) in [5.74, 6) is 5.76. The number of hydrogen-bond acceptors (Lipinski definition) is 1. The third-order valence-electron chi connectivity index (χ3n) is 10.3. The first kappa shape index (κ1) is 21.3. The van der Waals surface area contributed by atoms with Gasteiger partial charge >= 0.3 is 0 Å². The fraction of sp³-hybridized carbons (Fsp3) is 0.926. The lowest BCUT2D eigenvalue weighted by Gasteiger charge is -2.59. The first-order valence-electron chi connectivity index (χ1n) is 12.6. The topological polar surface area (TPSA) is 0 Å². The molecule has 4 aliphatic rings. The lowest BCUT2D eigenvalue weighted by Crippen LogP contribution is -2.51. The third kappa shape index (κ3) is 3.54. The highest BCUT2D eigenvalue weighted by molar-refractivity contribution is 7.81. The summed E-state index contributed by atoms with van der Waals surface area (Å²) >= 11 is 4.81. The molecule has 4 rings (SSSR count). The number of thiol groups is 1. The first-order valence-corrected chi connectivity index (χ1v) is 13.2. The van der Waals surface area contributed by atoms with Crippen molar-refractivity contribution in [1.29, 1.82) is 0 Å². The standard InChI is InChI=1S/C27H46S/c1-18(2)7-6-8-19(3)23-11-12-24-22-10-9-20-17-21(28)13-15-26(20,4)25(22)14-16-27(23,24)5/h17-19,21-25,28H,6-16H2,1-5H3/t19-,21-,22+,23-,24+,25+,26-,27-/m0/s1. The van der Waals surface area contributed by atoms with Gasteiger partial charge < -0.3 is 0 Å². The van der Waals surface area contributed by atoms with E-state index in [4.69, 9.17) is 12.6 Å². The van der Waals surface area contributed by atoms with Gasteiger partial charge in [-0.25, -0.2) is 0 Å². The molecule has 0 amide bonds. The van der Waals surface area contributed by atoms with Crippen LogP contribution in [0.3, 0.4) is 0 Å². The normalized spacial score (nSPS) is 46.5. The van der Waals surface area contributed by atoms with E-state index in [-0.39, 0.29) is 0 Å². The molecule has 1 heteroatoms. The molecule has 0 unspecified atom stereocenters. The van der Waals surface area contributed by atoms with Crippen molar-refractivity contribution in [1.82, 2.24) is 0 Å². The summed E-state index contributed by atoms with van der Waals surface area (Å²) in [5.41, 5.74) is 2.93. The van der Waals surface area contributed by atoms with Crippen molar-refractivity contribution in [2.45, 2.75) is 110 Å². The van der Waals surface area contributed by atoms with E-state index in [1.807, 2.05) is 0 Å². The number of fused-ring (bicyclic) bond motifs is 5. The molecule has 0 radical (unpaired) electrons. The van der Waals surface area contributed by atoms with E-state index in [0.717, 1.165) is 35.5 Å². The van der Waals surface area contributed by atoms with Crippen LogP contribution in [0.1, 0.15) is 105 Å². The Hall–Kier alpha value is 0.0900.